The van der Waals surface area contributed by atoms with Crippen molar-refractivity contribution in [3.63, 3.8) is 0 Å². The van der Waals surface area contributed by atoms with Crippen LogP contribution in [0.3, 0.4) is 0 Å². The lowest BCUT2D eigenvalue weighted by Gasteiger charge is -2.08. The van der Waals surface area contributed by atoms with Crippen LogP contribution in [0, 0.1) is 12.7 Å². The highest BCUT2D eigenvalue weighted by molar-refractivity contribution is 5.27. The molecule has 0 saturated heterocycles. The predicted octanol–water partition coefficient (Wildman–Crippen LogP) is 3.18. The van der Waals surface area contributed by atoms with Crippen molar-refractivity contribution in [2.75, 3.05) is 13.2 Å². The van der Waals surface area contributed by atoms with E-state index in [1.54, 1.807) is 19.1 Å². The Hall–Kier alpha value is -1.75. The Morgan fingerprint density at radius 1 is 1.38 bits per heavy atom. The fourth-order valence-corrected chi connectivity index (χ4v) is 2.42. The number of ether oxygens (including phenoxy) is 1. The van der Waals surface area contributed by atoms with Crippen molar-refractivity contribution in [3.05, 3.63) is 46.9 Å². The number of hydrogen-bond acceptors (Lipinski definition) is 4. The van der Waals surface area contributed by atoms with Crippen LogP contribution in [-0.2, 0) is 16.6 Å². The lowest BCUT2D eigenvalue weighted by Crippen LogP contribution is -2.15. The molecule has 1 heterocycles. The summed E-state index contributed by atoms with van der Waals surface area (Å²) in [6, 6.07) is 5.35. The van der Waals surface area contributed by atoms with Crippen LogP contribution in [0.2, 0.25) is 0 Å². The van der Waals surface area contributed by atoms with Crippen molar-refractivity contribution in [3.8, 4) is 0 Å². The average Bonchev–Trinajstić information content (AvgIpc) is 3.13. The maximum atomic E-state index is 14.0. The minimum atomic E-state index is -0.195. The lowest BCUT2D eigenvalue weighted by molar-refractivity contribution is 0.114. The van der Waals surface area contributed by atoms with E-state index in [1.807, 2.05) is 13.0 Å². The van der Waals surface area contributed by atoms with E-state index in [0.29, 0.717) is 42.5 Å². The summed E-state index contributed by atoms with van der Waals surface area (Å²) in [5.74, 6) is 0.954. The van der Waals surface area contributed by atoms with Crippen molar-refractivity contribution in [1.82, 2.24) is 10.1 Å². The standard InChI is InChI=1S/C16H19FN2O2/c1-3-20-10-16(7-8-16)15-18-13(19-21-15)9-12-6-4-5-11(2)14(12)17/h4-6H,3,7-10H2,1-2H3. The Kier molecular flexibility index (Phi) is 3.76. The number of aryl methyl sites for hydroxylation is 1. The number of nitrogens with zero attached hydrogens (tertiary/aromatic N) is 2. The smallest absolute Gasteiger partial charge is 0.235 e. The van der Waals surface area contributed by atoms with E-state index in [1.165, 1.54) is 0 Å². The molecule has 0 spiro atoms. The molecule has 4 nitrogen and oxygen atoms in total. The molecule has 0 atom stereocenters. The number of hydrogen-bond donors (Lipinski definition) is 0. The molecule has 1 aliphatic carbocycles. The first-order valence-electron chi connectivity index (χ1n) is 7.29. The van der Waals surface area contributed by atoms with Gasteiger partial charge in [0.05, 0.1) is 12.0 Å². The van der Waals surface area contributed by atoms with E-state index in [2.05, 4.69) is 10.1 Å². The number of benzene rings is 1. The van der Waals surface area contributed by atoms with Gasteiger partial charge in [-0.2, -0.15) is 4.98 Å². The lowest BCUT2D eigenvalue weighted by atomic mass is 10.1. The molecule has 0 radical (unpaired) electrons. The minimum absolute atomic E-state index is 0.105. The van der Waals surface area contributed by atoms with Gasteiger partial charge >= 0.3 is 0 Å². The van der Waals surface area contributed by atoms with Crippen LogP contribution in [0.5, 0.6) is 0 Å². The van der Waals surface area contributed by atoms with Gasteiger partial charge in [-0.05, 0) is 37.8 Å². The topological polar surface area (TPSA) is 48.2 Å². The maximum absolute atomic E-state index is 14.0. The summed E-state index contributed by atoms with van der Waals surface area (Å²) in [5, 5.41) is 3.99. The Balaban J connectivity index is 1.75. The molecule has 0 N–H and O–H groups in total. The van der Waals surface area contributed by atoms with Crippen molar-refractivity contribution in [1.29, 1.82) is 0 Å². The SMILES string of the molecule is CCOCC1(c2nc(Cc3cccc(C)c3F)no2)CC1. The van der Waals surface area contributed by atoms with Crippen LogP contribution < -0.4 is 0 Å². The molecule has 1 aromatic carbocycles. The van der Waals surface area contributed by atoms with Gasteiger partial charge in [-0.15, -0.1) is 0 Å². The molecule has 2 aromatic rings. The summed E-state index contributed by atoms with van der Waals surface area (Å²) in [5.41, 5.74) is 1.12. The second kappa shape index (κ2) is 5.56. The van der Waals surface area contributed by atoms with Gasteiger partial charge in [-0.3, -0.25) is 0 Å². The van der Waals surface area contributed by atoms with Gasteiger partial charge in [0, 0.05) is 13.0 Å². The first-order chi connectivity index (χ1) is 10.1. The highest BCUT2D eigenvalue weighted by Crippen LogP contribution is 2.47. The summed E-state index contributed by atoms with van der Waals surface area (Å²) in [6.45, 7) is 5.01. The summed E-state index contributed by atoms with van der Waals surface area (Å²) < 4.78 is 24.9. The molecular weight excluding hydrogens is 271 g/mol. The molecule has 1 saturated carbocycles. The van der Waals surface area contributed by atoms with E-state index in [-0.39, 0.29) is 11.2 Å². The fraction of sp³-hybridized carbons (Fsp3) is 0.500. The van der Waals surface area contributed by atoms with Gasteiger partial charge in [0.2, 0.25) is 5.89 Å². The Bertz CT molecular complexity index is 635. The first-order valence-corrected chi connectivity index (χ1v) is 7.29. The molecule has 1 aliphatic rings. The molecular formula is C16H19FN2O2. The molecule has 0 amide bonds. The quantitative estimate of drug-likeness (QED) is 0.820. The van der Waals surface area contributed by atoms with Gasteiger partial charge in [0.1, 0.15) is 5.82 Å². The highest BCUT2D eigenvalue weighted by atomic mass is 19.1. The molecule has 1 aromatic heterocycles. The zero-order valence-electron chi connectivity index (χ0n) is 12.4. The van der Waals surface area contributed by atoms with Gasteiger partial charge < -0.3 is 9.26 Å². The number of rotatable bonds is 6. The van der Waals surface area contributed by atoms with E-state index >= 15 is 0 Å². The van der Waals surface area contributed by atoms with Crippen LogP contribution in [-0.4, -0.2) is 23.4 Å². The monoisotopic (exact) mass is 290 g/mol. The summed E-state index contributed by atoms with van der Waals surface area (Å²) >= 11 is 0. The van der Waals surface area contributed by atoms with Crippen molar-refractivity contribution in [2.24, 2.45) is 0 Å². The molecule has 0 bridgehead atoms. The molecule has 21 heavy (non-hydrogen) atoms. The van der Waals surface area contributed by atoms with Crippen LogP contribution in [0.25, 0.3) is 0 Å². The molecule has 0 unspecified atom stereocenters. The Labute approximate surface area is 123 Å². The van der Waals surface area contributed by atoms with Gasteiger partial charge in [-0.1, -0.05) is 23.4 Å². The van der Waals surface area contributed by atoms with Crippen LogP contribution >= 0.6 is 0 Å². The third-order valence-electron chi connectivity index (χ3n) is 3.98. The number of aromatic nitrogens is 2. The van der Waals surface area contributed by atoms with Crippen LogP contribution in [0.15, 0.2) is 22.7 Å². The van der Waals surface area contributed by atoms with Crippen molar-refractivity contribution < 1.29 is 13.7 Å². The molecule has 5 heteroatoms. The van der Waals surface area contributed by atoms with Gasteiger partial charge in [-0.25, -0.2) is 4.39 Å². The number of halogens is 1. The maximum Gasteiger partial charge on any atom is 0.235 e. The average molecular weight is 290 g/mol. The van der Waals surface area contributed by atoms with Crippen molar-refractivity contribution in [2.45, 2.75) is 38.5 Å². The largest absolute Gasteiger partial charge is 0.381 e. The molecule has 3 rings (SSSR count). The fourth-order valence-electron chi connectivity index (χ4n) is 2.42. The highest BCUT2D eigenvalue weighted by Gasteiger charge is 2.49. The van der Waals surface area contributed by atoms with Gasteiger partial charge in [0.15, 0.2) is 5.82 Å². The predicted molar refractivity (Wildman–Crippen MR) is 75.6 cm³/mol. The minimum Gasteiger partial charge on any atom is -0.381 e. The normalized spacial score (nSPS) is 16.1. The summed E-state index contributed by atoms with van der Waals surface area (Å²) in [6.07, 6.45) is 2.36. The Morgan fingerprint density at radius 2 is 2.19 bits per heavy atom. The second-order valence-corrected chi connectivity index (χ2v) is 5.66. The van der Waals surface area contributed by atoms with E-state index in [9.17, 15) is 4.39 Å². The first kappa shape index (κ1) is 14.2. The van der Waals surface area contributed by atoms with E-state index in [0.717, 1.165) is 12.8 Å². The summed E-state index contributed by atoms with van der Waals surface area (Å²) in [4.78, 5) is 4.44. The van der Waals surface area contributed by atoms with Crippen LogP contribution in [0.4, 0.5) is 4.39 Å². The zero-order chi connectivity index (χ0) is 14.9. The molecule has 112 valence electrons. The van der Waals surface area contributed by atoms with E-state index in [4.69, 9.17) is 9.26 Å². The van der Waals surface area contributed by atoms with Gasteiger partial charge in [0.25, 0.3) is 0 Å². The molecule has 0 aliphatic heterocycles. The third-order valence-corrected chi connectivity index (χ3v) is 3.98. The second-order valence-electron chi connectivity index (χ2n) is 5.66. The Morgan fingerprint density at radius 3 is 2.90 bits per heavy atom. The summed E-state index contributed by atoms with van der Waals surface area (Å²) in [7, 11) is 0. The molecule has 1 fully saturated rings. The third kappa shape index (κ3) is 2.83. The van der Waals surface area contributed by atoms with Crippen molar-refractivity contribution >= 4 is 0 Å². The zero-order valence-corrected chi connectivity index (χ0v) is 12.4. The van der Waals surface area contributed by atoms with E-state index < -0.39 is 0 Å². The van der Waals surface area contributed by atoms with Crippen LogP contribution in [0.1, 0.15) is 42.6 Å².